The molecule has 3 N–H and O–H groups in total. The van der Waals surface area contributed by atoms with E-state index in [9.17, 15) is 32.6 Å². The molecule has 0 saturated heterocycles. The lowest BCUT2D eigenvalue weighted by molar-refractivity contribution is -0.137. The second kappa shape index (κ2) is 9.67. The average molecular weight is 490 g/mol. The number of unbranched alkanes of at least 4 members (excludes halogenated alkanes) is 1. The third kappa shape index (κ3) is 5.63. The van der Waals surface area contributed by atoms with Gasteiger partial charge < -0.3 is 14.9 Å². The number of aliphatic hydroxyl groups excluding tert-OH is 1. The molecule has 0 bridgehead atoms. The highest BCUT2D eigenvalue weighted by atomic mass is 35.5. The molecule has 3 aromatic carbocycles. The van der Waals surface area contributed by atoms with Crippen LogP contribution in [0.15, 0.2) is 42.5 Å². The van der Waals surface area contributed by atoms with Crippen molar-refractivity contribution < 1.29 is 32.6 Å². The summed E-state index contributed by atoms with van der Waals surface area (Å²) in [4.78, 5) is 19.1. The van der Waals surface area contributed by atoms with E-state index in [1.165, 1.54) is 6.07 Å². The van der Waals surface area contributed by atoms with E-state index in [4.69, 9.17) is 11.6 Å². The van der Waals surface area contributed by atoms with Gasteiger partial charge in [0.05, 0.1) is 11.7 Å². The number of fused-ring (bicyclic) bond motifs is 3. The first kappa shape index (κ1) is 25.0. The third-order valence-electron chi connectivity index (χ3n) is 5.43. The van der Waals surface area contributed by atoms with Crippen LogP contribution in [0.5, 0.6) is 0 Å². The minimum Gasteiger partial charge on any atom is -0.388 e. The zero-order chi connectivity index (χ0) is 23.7. The summed E-state index contributed by atoms with van der Waals surface area (Å²) >= 11 is 6.10. The van der Waals surface area contributed by atoms with Gasteiger partial charge in [0.25, 0.3) is 0 Å². The molecule has 174 valence electrons. The minimum absolute atomic E-state index is 0.0361. The van der Waals surface area contributed by atoms with Crippen molar-refractivity contribution >= 4 is 40.9 Å². The standard InChI is InChI=1S/C22H24ClF3NO4P/c1-2-3-9-27(32(29,30)31)10-8-21(28)20-11-14-4-5-15(22(24,25)26)12-18(14)19-13-16(23)6-7-17(19)20/h4-7,11-13,21,28H,2-3,8-10H2,1H3,(H2,29,30,31). The van der Waals surface area contributed by atoms with Crippen molar-refractivity contribution in [3.05, 3.63) is 58.6 Å². The molecule has 0 aliphatic carbocycles. The van der Waals surface area contributed by atoms with Gasteiger partial charge in [-0.25, -0.2) is 9.24 Å². The highest BCUT2D eigenvalue weighted by Gasteiger charge is 2.31. The summed E-state index contributed by atoms with van der Waals surface area (Å²) in [6, 6.07) is 9.77. The van der Waals surface area contributed by atoms with Crippen LogP contribution in [0.2, 0.25) is 5.02 Å². The summed E-state index contributed by atoms with van der Waals surface area (Å²) in [6.45, 7) is 2.07. The molecule has 0 spiro atoms. The number of hydrogen-bond donors (Lipinski definition) is 3. The number of halogens is 4. The van der Waals surface area contributed by atoms with Crippen LogP contribution in [0, 0.1) is 0 Å². The fourth-order valence-electron chi connectivity index (χ4n) is 3.74. The van der Waals surface area contributed by atoms with Gasteiger partial charge in [0, 0.05) is 18.1 Å². The van der Waals surface area contributed by atoms with Crippen LogP contribution in [0.4, 0.5) is 13.2 Å². The Labute approximate surface area is 188 Å². The normalized spacial score (nSPS) is 13.9. The predicted molar refractivity (Wildman–Crippen MR) is 120 cm³/mol. The highest BCUT2D eigenvalue weighted by molar-refractivity contribution is 7.49. The molecule has 0 radical (unpaired) electrons. The van der Waals surface area contributed by atoms with Gasteiger partial charge in [0.2, 0.25) is 0 Å². The summed E-state index contributed by atoms with van der Waals surface area (Å²) in [5.41, 5.74) is -0.321. The van der Waals surface area contributed by atoms with Crippen LogP contribution in [0.3, 0.4) is 0 Å². The number of aliphatic hydroxyl groups is 1. The Kier molecular flexibility index (Phi) is 7.55. The Balaban J connectivity index is 2.03. The highest BCUT2D eigenvalue weighted by Crippen LogP contribution is 2.42. The molecule has 0 aromatic heterocycles. The molecule has 0 amide bonds. The fourth-order valence-corrected chi connectivity index (χ4v) is 4.69. The van der Waals surface area contributed by atoms with Crippen molar-refractivity contribution in [1.29, 1.82) is 0 Å². The molecular formula is C22H24ClF3NO4P. The van der Waals surface area contributed by atoms with Gasteiger partial charge in [-0.1, -0.05) is 37.1 Å². The van der Waals surface area contributed by atoms with Crippen LogP contribution >= 0.6 is 19.3 Å². The summed E-state index contributed by atoms with van der Waals surface area (Å²) in [5, 5.41) is 13.1. The first-order chi connectivity index (χ1) is 14.9. The van der Waals surface area contributed by atoms with Crippen LogP contribution in [-0.2, 0) is 10.7 Å². The Morgan fingerprint density at radius 3 is 2.38 bits per heavy atom. The maximum Gasteiger partial charge on any atom is 0.416 e. The second-order valence-electron chi connectivity index (χ2n) is 7.71. The molecule has 0 fully saturated rings. The third-order valence-corrected chi connectivity index (χ3v) is 6.80. The van der Waals surface area contributed by atoms with Crippen molar-refractivity contribution in [1.82, 2.24) is 4.67 Å². The van der Waals surface area contributed by atoms with Crippen molar-refractivity contribution in [2.45, 2.75) is 38.5 Å². The molecule has 32 heavy (non-hydrogen) atoms. The molecule has 0 saturated carbocycles. The first-order valence-electron chi connectivity index (χ1n) is 10.1. The minimum atomic E-state index is -4.50. The van der Waals surface area contributed by atoms with Crippen LogP contribution in [-0.4, -0.2) is 32.7 Å². The monoisotopic (exact) mass is 489 g/mol. The molecule has 1 unspecified atom stereocenters. The summed E-state index contributed by atoms with van der Waals surface area (Å²) in [5.74, 6) is 0. The van der Waals surface area contributed by atoms with E-state index in [0.717, 1.165) is 23.2 Å². The second-order valence-corrected chi connectivity index (χ2v) is 9.74. The average Bonchev–Trinajstić information content (AvgIpc) is 2.70. The molecule has 0 aliphatic rings. The van der Waals surface area contributed by atoms with E-state index in [1.54, 1.807) is 24.3 Å². The molecule has 5 nitrogen and oxygen atoms in total. The first-order valence-corrected chi connectivity index (χ1v) is 12.1. The lowest BCUT2D eigenvalue weighted by Crippen LogP contribution is -2.24. The molecular weight excluding hydrogens is 466 g/mol. The van der Waals surface area contributed by atoms with Crippen molar-refractivity contribution in [3.8, 4) is 0 Å². The molecule has 1 atom stereocenters. The fraction of sp³-hybridized carbons (Fsp3) is 0.364. The maximum atomic E-state index is 13.2. The summed E-state index contributed by atoms with van der Waals surface area (Å²) in [6.07, 6.45) is -4.18. The van der Waals surface area contributed by atoms with E-state index in [0.29, 0.717) is 38.6 Å². The van der Waals surface area contributed by atoms with Crippen molar-refractivity contribution in [3.63, 3.8) is 0 Å². The molecule has 3 rings (SSSR count). The van der Waals surface area contributed by atoms with Crippen molar-refractivity contribution in [2.75, 3.05) is 13.1 Å². The van der Waals surface area contributed by atoms with Gasteiger partial charge in [0.15, 0.2) is 0 Å². The molecule has 0 heterocycles. The number of hydrogen-bond acceptors (Lipinski definition) is 2. The van der Waals surface area contributed by atoms with Crippen LogP contribution < -0.4 is 0 Å². The molecule has 0 aliphatic heterocycles. The number of alkyl halides is 3. The Morgan fingerprint density at radius 2 is 1.75 bits per heavy atom. The SMILES string of the molecule is CCCCN(CCC(O)c1cc2ccc(C(F)(F)F)cc2c2cc(Cl)ccc12)P(=O)(O)O. The van der Waals surface area contributed by atoms with E-state index in [-0.39, 0.29) is 19.5 Å². The summed E-state index contributed by atoms with van der Waals surface area (Å²) < 4.78 is 52.5. The Morgan fingerprint density at radius 1 is 1.03 bits per heavy atom. The molecule has 10 heteroatoms. The zero-order valence-electron chi connectivity index (χ0n) is 17.3. The van der Waals surface area contributed by atoms with Crippen LogP contribution in [0.25, 0.3) is 21.5 Å². The molecule has 3 aromatic rings. The number of rotatable bonds is 8. The van der Waals surface area contributed by atoms with Gasteiger partial charge in [-0.2, -0.15) is 13.2 Å². The van der Waals surface area contributed by atoms with Gasteiger partial charge in [-0.3, -0.25) is 0 Å². The largest absolute Gasteiger partial charge is 0.416 e. The Hall–Kier alpha value is -1.67. The van der Waals surface area contributed by atoms with Gasteiger partial charge >= 0.3 is 13.9 Å². The van der Waals surface area contributed by atoms with Crippen LogP contribution in [0.1, 0.15) is 43.4 Å². The van der Waals surface area contributed by atoms with E-state index in [2.05, 4.69) is 0 Å². The predicted octanol–water partition coefficient (Wildman–Crippen LogP) is 6.28. The lowest BCUT2D eigenvalue weighted by Gasteiger charge is -2.24. The van der Waals surface area contributed by atoms with Gasteiger partial charge in [0.1, 0.15) is 0 Å². The summed E-state index contributed by atoms with van der Waals surface area (Å²) in [7, 11) is -4.47. The number of nitrogens with zero attached hydrogens (tertiary/aromatic N) is 1. The van der Waals surface area contributed by atoms with E-state index < -0.39 is 25.6 Å². The Bertz CT molecular complexity index is 1170. The quantitative estimate of drug-likeness (QED) is 0.256. The lowest BCUT2D eigenvalue weighted by atomic mass is 9.92. The zero-order valence-corrected chi connectivity index (χ0v) is 19.0. The number of benzene rings is 3. The van der Waals surface area contributed by atoms with E-state index in [1.807, 2.05) is 6.92 Å². The topological polar surface area (TPSA) is 81.0 Å². The maximum absolute atomic E-state index is 13.2. The van der Waals surface area contributed by atoms with Gasteiger partial charge in [-0.15, -0.1) is 0 Å². The van der Waals surface area contributed by atoms with Crippen molar-refractivity contribution in [2.24, 2.45) is 0 Å². The van der Waals surface area contributed by atoms with E-state index >= 15 is 0 Å². The van der Waals surface area contributed by atoms with Gasteiger partial charge in [-0.05, 0) is 70.3 Å². The smallest absolute Gasteiger partial charge is 0.388 e.